The zero-order valence-electron chi connectivity index (χ0n) is 14.9. The number of pyridine rings is 1. The Balaban J connectivity index is 1.75. The molecule has 0 amide bonds. The quantitative estimate of drug-likeness (QED) is 0.387. The highest BCUT2D eigenvalue weighted by molar-refractivity contribution is 7.15. The van der Waals surface area contributed by atoms with Gasteiger partial charge in [-0.05, 0) is 26.0 Å². The number of nitrogens with zero attached hydrogens (tertiary/aromatic N) is 5. The molecular formula is C18H14N6O3S. The highest BCUT2D eigenvalue weighted by Crippen LogP contribution is 2.37. The minimum absolute atomic E-state index is 0.0111. The standard InChI is InChI=1S/C18H14N6O3S/c1-10-11(2)28-18(22-10)23-16-15(24(25)26)17(21-9-20-16)27-13-7-3-5-12-6-4-8-19-14(12)13/h3-9H,1-2H3,(H,20,21,22,23). The summed E-state index contributed by atoms with van der Waals surface area (Å²) in [5.74, 6) is 0.203. The molecule has 0 fully saturated rings. The van der Waals surface area contributed by atoms with Crippen molar-refractivity contribution in [1.29, 1.82) is 0 Å². The van der Waals surface area contributed by atoms with Crippen molar-refractivity contribution in [2.75, 3.05) is 5.32 Å². The fourth-order valence-corrected chi connectivity index (χ4v) is 3.40. The summed E-state index contributed by atoms with van der Waals surface area (Å²) in [5.41, 5.74) is 1.06. The maximum atomic E-state index is 11.7. The SMILES string of the molecule is Cc1nc(Nc2ncnc(Oc3cccc4cccnc34)c2[N+](=O)[O-])sc1C. The molecule has 10 heteroatoms. The lowest BCUT2D eigenvalue weighted by Gasteiger charge is -2.09. The number of nitro groups is 1. The average Bonchev–Trinajstić information content (AvgIpc) is 2.99. The Bertz CT molecular complexity index is 1170. The number of nitrogens with one attached hydrogen (secondary N) is 1. The molecule has 4 rings (SSSR count). The van der Waals surface area contributed by atoms with Crippen LogP contribution in [0, 0.1) is 24.0 Å². The summed E-state index contributed by atoms with van der Waals surface area (Å²) < 4.78 is 5.78. The van der Waals surface area contributed by atoms with Crippen LogP contribution in [0.15, 0.2) is 42.9 Å². The summed E-state index contributed by atoms with van der Waals surface area (Å²) in [6, 6.07) is 9.03. The molecule has 0 atom stereocenters. The van der Waals surface area contributed by atoms with E-state index in [1.807, 2.05) is 26.0 Å². The van der Waals surface area contributed by atoms with E-state index in [1.165, 1.54) is 17.7 Å². The van der Waals surface area contributed by atoms with Gasteiger partial charge in [0.2, 0.25) is 5.82 Å². The van der Waals surface area contributed by atoms with Gasteiger partial charge in [0.15, 0.2) is 10.9 Å². The summed E-state index contributed by atoms with van der Waals surface area (Å²) >= 11 is 1.39. The van der Waals surface area contributed by atoms with Gasteiger partial charge in [0, 0.05) is 16.5 Å². The summed E-state index contributed by atoms with van der Waals surface area (Å²) in [7, 11) is 0. The van der Waals surface area contributed by atoms with E-state index >= 15 is 0 Å². The number of benzene rings is 1. The van der Waals surface area contributed by atoms with Gasteiger partial charge in [-0.1, -0.05) is 18.2 Å². The van der Waals surface area contributed by atoms with Crippen molar-refractivity contribution in [2.45, 2.75) is 13.8 Å². The Morgan fingerprint density at radius 2 is 1.96 bits per heavy atom. The van der Waals surface area contributed by atoms with Crippen LogP contribution in [0.1, 0.15) is 10.6 Å². The fourth-order valence-electron chi connectivity index (χ4n) is 2.58. The largest absolute Gasteiger partial charge is 0.431 e. The second-order valence-electron chi connectivity index (χ2n) is 5.85. The van der Waals surface area contributed by atoms with Crippen LogP contribution in [-0.4, -0.2) is 24.9 Å². The molecule has 140 valence electrons. The summed E-state index contributed by atoms with van der Waals surface area (Å²) in [4.78, 5) is 28.8. The number of hydrogen-bond donors (Lipinski definition) is 1. The van der Waals surface area contributed by atoms with Gasteiger partial charge in [-0.3, -0.25) is 15.1 Å². The minimum Gasteiger partial charge on any atom is -0.431 e. The van der Waals surface area contributed by atoms with E-state index in [4.69, 9.17) is 4.74 Å². The van der Waals surface area contributed by atoms with E-state index in [9.17, 15) is 10.1 Å². The first kappa shape index (κ1) is 17.7. The Labute approximate surface area is 163 Å². The second-order valence-corrected chi connectivity index (χ2v) is 7.06. The number of aromatic nitrogens is 4. The van der Waals surface area contributed by atoms with Crippen molar-refractivity contribution in [2.24, 2.45) is 0 Å². The van der Waals surface area contributed by atoms with Crippen LogP contribution in [0.5, 0.6) is 11.6 Å². The van der Waals surface area contributed by atoms with Gasteiger partial charge in [0.25, 0.3) is 0 Å². The van der Waals surface area contributed by atoms with Crippen molar-refractivity contribution >= 4 is 38.9 Å². The lowest BCUT2D eigenvalue weighted by Crippen LogP contribution is -2.03. The molecule has 0 aliphatic rings. The zero-order valence-corrected chi connectivity index (χ0v) is 15.7. The molecule has 0 bridgehead atoms. The highest BCUT2D eigenvalue weighted by atomic mass is 32.1. The van der Waals surface area contributed by atoms with E-state index < -0.39 is 4.92 Å². The maximum Gasteiger partial charge on any atom is 0.373 e. The molecule has 1 N–H and O–H groups in total. The van der Waals surface area contributed by atoms with Gasteiger partial charge in [0.1, 0.15) is 11.8 Å². The molecule has 0 aliphatic heterocycles. The van der Waals surface area contributed by atoms with Crippen molar-refractivity contribution < 1.29 is 9.66 Å². The van der Waals surface area contributed by atoms with E-state index in [1.54, 1.807) is 24.4 Å². The monoisotopic (exact) mass is 394 g/mol. The van der Waals surface area contributed by atoms with Crippen LogP contribution in [-0.2, 0) is 0 Å². The molecule has 28 heavy (non-hydrogen) atoms. The molecular weight excluding hydrogens is 380 g/mol. The van der Waals surface area contributed by atoms with Crippen molar-refractivity contribution in [3.8, 4) is 11.6 Å². The normalized spacial score (nSPS) is 10.8. The highest BCUT2D eigenvalue weighted by Gasteiger charge is 2.26. The van der Waals surface area contributed by atoms with Gasteiger partial charge in [-0.15, -0.1) is 11.3 Å². The van der Waals surface area contributed by atoms with Crippen LogP contribution in [0.4, 0.5) is 16.6 Å². The van der Waals surface area contributed by atoms with Gasteiger partial charge in [0.05, 0.1) is 10.6 Å². The Kier molecular flexibility index (Phi) is 4.53. The number of rotatable bonds is 5. The Morgan fingerprint density at radius 1 is 1.14 bits per heavy atom. The zero-order chi connectivity index (χ0) is 19.7. The van der Waals surface area contributed by atoms with Gasteiger partial charge in [-0.25, -0.2) is 9.97 Å². The molecule has 1 aromatic carbocycles. The van der Waals surface area contributed by atoms with E-state index in [-0.39, 0.29) is 17.4 Å². The van der Waals surface area contributed by atoms with Gasteiger partial charge in [-0.2, -0.15) is 4.98 Å². The number of fused-ring (bicyclic) bond motifs is 1. The molecule has 0 aliphatic carbocycles. The lowest BCUT2D eigenvalue weighted by molar-refractivity contribution is -0.385. The molecule has 0 saturated carbocycles. The number of thiazole rings is 1. The molecule has 0 unspecified atom stereocenters. The summed E-state index contributed by atoms with van der Waals surface area (Å²) in [6.07, 6.45) is 2.83. The van der Waals surface area contributed by atoms with Crippen LogP contribution in [0.3, 0.4) is 0 Å². The average molecular weight is 394 g/mol. The molecule has 4 aromatic rings. The topological polar surface area (TPSA) is 116 Å². The van der Waals surface area contributed by atoms with E-state index in [0.29, 0.717) is 16.4 Å². The number of para-hydroxylation sites is 1. The predicted octanol–water partition coefficient (Wildman–Crippen LogP) is 4.54. The molecule has 0 saturated heterocycles. The van der Waals surface area contributed by atoms with Gasteiger partial charge >= 0.3 is 11.6 Å². The first-order chi connectivity index (χ1) is 13.5. The van der Waals surface area contributed by atoms with Crippen molar-refractivity contribution in [3.05, 3.63) is 63.5 Å². The number of hydrogen-bond acceptors (Lipinski definition) is 9. The molecule has 3 aromatic heterocycles. The third-order valence-corrected chi connectivity index (χ3v) is 5.02. The maximum absolute atomic E-state index is 11.7. The summed E-state index contributed by atoms with van der Waals surface area (Å²) in [6.45, 7) is 3.79. The molecule has 9 nitrogen and oxygen atoms in total. The Hall–Kier alpha value is -3.66. The van der Waals surface area contributed by atoms with Crippen molar-refractivity contribution in [1.82, 2.24) is 19.9 Å². The van der Waals surface area contributed by atoms with Crippen molar-refractivity contribution in [3.63, 3.8) is 0 Å². The van der Waals surface area contributed by atoms with Crippen LogP contribution >= 0.6 is 11.3 Å². The first-order valence-corrected chi connectivity index (χ1v) is 9.06. The van der Waals surface area contributed by atoms with Gasteiger partial charge < -0.3 is 10.1 Å². The molecule has 0 radical (unpaired) electrons. The summed E-state index contributed by atoms with van der Waals surface area (Å²) in [5, 5.41) is 16.0. The Morgan fingerprint density at radius 3 is 2.71 bits per heavy atom. The predicted molar refractivity (Wildman–Crippen MR) is 105 cm³/mol. The van der Waals surface area contributed by atoms with E-state index in [0.717, 1.165) is 16.0 Å². The minimum atomic E-state index is -0.580. The third kappa shape index (κ3) is 3.32. The number of ether oxygens (including phenoxy) is 1. The van der Waals surface area contributed by atoms with Crippen LogP contribution in [0.25, 0.3) is 10.9 Å². The number of aryl methyl sites for hydroxylation is 2. The number of anilines is 2. The van der Waals surface area contributed by atoms with Crippen LogP contribution < -0.4 is 10.1 Å². The molecule has 3 heterocycles. The molecule has 0 spiro atoms. The van der Waals surface area contributed by atoms with Crippen LogP contribution in [0.2, 0.25) is 0 Å². The second kappa shape index (κ2) is 7.16. The smallest absolute Gasteiger partial charge is 0.373 e. The lowest BCUT2D eigenvalue weighted by atomic mass is 10.2. The third-order valence-electron chi connectivity index (χ3n) is 4.03. The fraction of sp³-hybridized carbons (Fsp3) is 0.111. The van der Waals surface area contributed by atoms with E-state index in [2.05, 4.69) is 25.3 Å². The first-order valence-electron chi connectivity index (χ1n) is 8.25.